The Kier molecular flexibility index (Phi) is 9.31. The molecule has 1 N–H and O–H groups in total. The number of carbonyl (C=O) groups excluding carboxylic acids is 2. The number of rotatable bonds is 14. The highest BCUT2D eigenvalue weighted by Gasteiger charge is 2.38. The fourth-order valence-electron chi connectivity index (χ4n) is 2.98. The molecule has 0 saturated heterocycles. The predicted molar refractivity (Wildman–Crippen MR) is 117 cm³/mol. The third-order valence-electron chi connectivity index (χ3n) is 5.45. The number of carbonyl (C=O) groups is 2. The molecule has 30 heavy (non-hydrogen) atoms. The van der Waals surface area contributed by atoms with Crippen LogP contribution in [-0.2, 0) is 24.5 Å². The molecule has 0 heterocycles. The lowest BCUT2D eigenvalue weighted by molar-refractivity contribution is -0.129. The smallest absolute Gasteiger partial charge is 0.246 e. The fourth-order valence-corrected chi connectivity index (χ4v) is 2.98. The van der Waals surface area contributed by atoms with Gasteiger partial charge in [0.15, 0.2) is 0 Å². The molecule has 0 radical (unpaired) electrons. The summed E-state index contributed by atoms with van der Waals surface area (Å²) in [6, 6.07) is 7.92. The van der Waals surface area contributed by atoms with Crippen molar-refractivity contribution >= 4 is 12.2 Å². The van der Waals surface area contributed by atoms with Crippen LogP contribution >= 0.6 is 0 Å². The molecular weight excluding hydrogens is 382 g/mol. The van der Waals surface area contributed by atoms with Crippen molar-refractivity contribution in [1.82, 2.24) is 5.32 Å². The number of benzene rings is 1. The molecule has 1 unspecified atom stereocenters. The molecule has 1 fully saturated rings. The van der Waals surface area contributed by atoms with Gasteiger partial charge >= 0.3 is 0 Å². The van der Waals surface area contributed by atoms with Crippen LogP contribution in [0, 0.1) is 5.41 Å². The maximum Gasteiger partial charge on any atom is 0.246 e. The molecule has 1 aliphatic carbocycles. The molecule has 1 aromatic carbocycles. The van der Waals surface area contributed by atoms with Gasteiger partial charge < -0.3 is 24.3 Å². The number of hydrogen-bond acceptors (Lipinski definition) is 5. The van der Waals surface area contributed by atoms with Gasteiger partial charge in [-0.3, -0.25) is 4.79 Å². The van der Waals surface area contributed by atoms with Crippen LogP contribution in [0.4, 0.5) is 0 Å². The van der Waals surface area contributed by atoms with E-state index in [4.69, 9.17) is 14.2 Å². The lowest BCUT2D eigenvalue weighted by atomic mass is 9.88. The van der Waals surface area contributed by atoms with Crippen LogP contribution < -0.4 is 10.1 Å². The van der Waals surface area contributed by atoms with Crippen LogP contribution in [0.3, 0.4) is 0 Å². The molecule has 0 aliphatic heterocycles. The zero-order valence-electron chi connectivity index (χ0n) is 18.9. The van der Waals surface area contributed by atoms with Crippen LogP contribution in [0.25, 0.3) is 0 Å². The Morgan fingerprint density at radius 2 is 1.67 bits per heavy atom. The van der Waals surface area contributed by atoms with Crippen LogP contribution in [0.2, 0.25) is 0 Å². The minimum absolute atomic E-state index is 0.0494. The van der Waals surface area contributed by atoms with E-state index in [2.05, 4.69) is 24.4 Å². The molecule has 6 nitrogen and oxygen atoms in total. The van der Waals surface area contributed by atoms with Crippen molar-refractivity contribution < 1.29 is 23.8 Å². The van der Waals surface area contributed by atoms with E-state index in [1.165, 1.54) is 18.4 Å². The second-order valence-corrected chi connectivity index (χ2v) is 9.35. The highest BCUT2D eigenvalue weighted by atomic mass is 16.5. The van der Waals surface area contributed by atoms with Crippen molar-refractivity contribution in [2.45, 2.75) is 64.8 Å². The van der Waals surface area contributed by atoms with Crippen LogP contribution in [0.15, 0.2) is 24.3 Å². The Labute approximate surface area is 180 Å². The molecule has 0 aromatic heterocycles. The predicted octanol–water partition coefficient (Wildman–Crippen LogP) is 3.66. The first-order valence-electron chi connectivity index (χ1n) is 10.9. The Bertz CT molecular complexity index is 661. The van der Waals surface area contributed by atoms with Gasteiger partial charge in [0.1, 0.15) is 18.6 Å². The van der Waals surface area contributed by atoms with E-state index >= 15 is 0 Å². The largest absolute Gasteiger partial charge is 0.494 e. The zero-order valence-corrected chi connectivity index (χ0v) is 18.9. The molecule has 1 amide bonds. The Hall–Kier alpha value is -1.92. The summed E-state index contributed by atoms with van der Waals surface area (Å²) in [4.78, 5) is 22.9. The topological polar surface area (TPSA) is 73.9 Å². The third-order valence-corrected chi connectivity index (χ3v) is 5.45. The van der Waals surface area contributed by atoms with Gasteiger partial charge in [0, 0.05) is 26.2 Å². The van der Waals surface area contributed by atoms with E-state index in [0.29, 0.717) is 38.3 Å². The van der Waals surface area contributed by atoms with Crippen molar-refractivity contribution in [1.29, 1.82) is 0 Å². The van der Waals surface area contributed by atoms with Crippen molar-refractivity contribution in [3.8, 4) is 5.75 Å². The van der Waals surface area contributed by atoms with Crippen molar-refractivity contribution in [3.05, 3.63) is 29.8 Å². The molecular formula is C24H37NO5. The summed E-state index contributed by atoms with van der Waals surface area (Å²) in [5.74, 6) is 0.623. The van der Waals surface area contributed by atoms with E-state index in [0.717, 1.165) is 18.5 Å². The summed E-state index contributed by atoms with van der Waals surface area (Å²) in [7, 11) is 0. The Morgan fingerprint density at radius 3 is 2.23 bits per heavy atom. The maximum absolute atomic E-state index is 11.8. The highest BCUT2D eigenvalue weighted by molar-refractivity contribution is 5.80. The molecule has 0 bridgehead atoms. The number of hydrogen-bond donors (Lipinski definition) is 1. The lowest BCUT2D eigenvalue weighted by Crippen LogP contribution is -2.46. The Balaban J connectivity index is 1.43. The van der Waals surface area contributed by atoms with Gasteiger partial charge in [0.2, 0.25) is 5.91 Å². The SMILES string of the molecule is CC1(c2ccc(OCCCOCCCOCC(=O)NC(C=O)C(C)(C)C)cc2)CC1. The van der Waals surface area contributed by atoms with Gasteiger partial charge in [0.25, 0.3) is 0 Å². The maximum atomic E-state index is 11.8. The second kappa shape index (κ2) is 11.5. The third kappa shape index (κ3) is 8.44. The van der Waals surface area contributed by atoms with Crippen molar-refractivity contribution in [2.24, 2.45) is 5.41 Å². The average molecular weight is 420 g/mol. The first-order chi connectivity index (χ1) is 14.2. The summed E-state index contributed by atoms with van der Waals surface area (Å²) in [6.45, 7) is 10.2. The van der Waals surface area contributed by atoms with Crippen LogP contribution in [0.5, 0.6) is 5.75 Å². The minimum Gasteiger partial charge on any atom is -0.494 e. The molecule has 168 valence electrons. The van der Waals surface area contributed by atoms with Gasteiger partial charge in [-0.1, -0.05) is 39.8 Å². The van der Waals surface area contributed by atoms with E-state index in [1.54, 1.807) is 0 Å². The van der Waals surface area contributed by atoms with Crippen molar-refractivity contribution in [3.63, 3.8) is 0 Å². The highest BCUT2D eigenvalue weighted by Crippen LogP contribution is 2.47. The van der Waals surface area contributed by atoms with E-state index in [9.17, 15) is 9.59 Å². The first kappa shape index (κ1) is 24.4. The summed E-state index contributed by atoms with van der Waals surface area (Å²) in [5, 5.41) is 2.68. The summed E-state index contributed by atoms with van der Waals surface area (Å²) < 4.78 is 16.7. The average Bonchev–Trinajstić information content (AvgIpc) is 3.45. The van der Waals surface area contributed by atoms with Gasteiger partial charge in [-0.2, -0.15) is 0 Å². The minimum atomic E-state index is -0.515. The van der Waals surface area contributed by atoms with Crippen LogP contribution in [0.1, 0.15) is 58.9 Å². The van der Waals surface area contributed by atoms with Gasteiger partial charge in [-0.25, -0.2) is 0 Å². The standard InChI is InChI=1S/C24H37NO5/c1-23(2,3)21(17-26)25-22(27)18-29-15-5-13-28-14-6-16-30-20-9-7-19(8-10-20)24(4)11-12-24/h7-10,17,21H,5-6,11-16,18H2,1-4H3,(H,25,27). The van der Waals surface area contributed by atoms with Gasteiger partial charge in [-0.15, -0.1) is 0 Å². The van der Waals surface area contributed by atoms with Gasteiger partial charge in [-0.05, 0) is 47.8 Å². The molecule has 6 heteroatoms. The van der Waals surface area contributed by atoms with E-state index < -0.39 is 6.04 Å². The van der Waals surface area contributed by atoms with E-state index in [-0.39, 0.29) is 17.9 Å². The molecule has 0 spiro atoms. The Morgan fingerprint density at radius 1 is 1.07 bits per heavy atom. The quantitative estimate of drug-likeness (QED) is 0.368. The fraction of sp³-hybridized carbons (Fsp3) is 0.667. The normalized spacial score (nSPS) is 16.0. The first-order valence-corrected chi connectivity index (χ1v) is 10.9. The summed E-state index contributed by atoms with van der Waals surface area (Å²) >= 11 is 0. The molecule has 2 rings (SSSR count). The number of ether oxygens (including phenoxy) is 3. The van der Waals surface area contributed by atoms with Crippen molar-refractivity contribution in [2.75, 3.05) is 33.0 Å². The molecule has 1 atom stereocenters. The molecule has 1 aliphatic rings. The molecule has 1 aromatic rings. The number of nitrogens with one attached hydrogen (secondary N) is 1. The van der Waals surface area contributed by atoms with E-state index in [1.807, 2.05) is 32.9 Å². The lowest BCUT2D eigenvalue weighted by Gasteiger charge is -2.26. The van der Waals surface area contributed by atoms with Gasteiger partial charge in [0.05, 0.1) is 12.6 Å². The molecule has 1 saturated carbocycles. The monoisotopic (exact) mass is 419 g/mol. The number of aldehydes is 1. The zero-order chi connectivity index (χ0) is 22.0. The second-order valence-electron chi connectivity index (χ2n) is 9.35. The summed E-state index contributed by atoms with van der Waals surface area (Å²) in [6.07, 6.45) is 4.85. The van der Waals surface area contributed by atoms with Crippen LogP contribution in [-0.4, -0.2) is 51.3 Å². The number of amides is 1. The summed E-state index contributed by atoms with van der Waals surface area (Å²) in [5.41, 5.74) is 1.48.